The SMILES string of the molecule is COc1cccc(C(C[S+](C)CCc2ccccc2)=C(F)F)c1. The average molecular weight is 335 g/mol. The van der Waals surface area contributed by atoms with Gasteiger partial charge in [0.2, 0.25) is 0 Å². The molecule has 0 N–H and O–H groups in total. The van der Waals surface area contributed by atoms with Crippen molar-refractivity contribution in [3.05, 3.63) is 71.8 Å². The lowest BCUT2D eigenvalue weighted by Crippen LogP contribution is -2.14. The second-order valence-electron chi connectivity index (χ2n) is 5.34. The molecule has 0 saturated carbocycles. The average Bonchev–Trinajstić information content (AvgIpc) is 2.58. The van der Waals surface area contributed by atoms with Gasteiger partial charge in [0.15, 0.2) is 0 Å². The summed E-state index contributed by atoms with van der Waals surface area (Å²) in [6, 6.07) is 17.0. The molecule has 4 heteroatoms. The Morgan fingerprint density at radius 3 is 2.43 bits per heavy atom. The highest BCUT2D eigenvalue weighted by molar-refractivity contribution is 7.96. The molecule has 2 aromatic rings. The fourth-order valence-corrected chi connectivity index (χ4v) is 3.81. The maximum atomic E-state index is 13.4. The molecule has 0 amide bonds. The van der Waals surface area contributed by atoms with Gasteiger partial charge < -0.3 is 4.74 Å². The zero-order valence-electron chi connectivity index (χ0n) is 13.4. The smallest absolute Gasteiger partial charge is 0.278 e. The largest absolute Gasteiger partial charge is 0.497 e. The van der Waals surface area contributed by atoms with Crippen LogP contribution >= 0.6 is 0 Å². The number of hydrogen-bond acceptors (Lipinski definition) is 1. The third-order valence-corrected chi connectivity index (χ3v) is 5.30. The van der Waals surface area contributed by atoms with Crippen LogP contribution in [0, 0.1) is 0 Å². The van der Waals surface area contributed by atoms with E-state index in [0.717, 1.165) is 12.2 Å². The number of rotatable bonds is 7. The standard InChI is InChI=1S/C19H21F2OS/c1-22-17-10-6-9-16(13-17)18(19(20)21)14-23(2)12-11-15-7-4-3-5-8-15/h3-10,13H,11-12,14H2,1-2H3/q+1. The van der Waals surface area contributed by atoms with Gasteiger partial charge in [0, 0.05) is 6.42 Å². The van der Waals surface area contributed by atoms with E-state index < -0.39 is 6.08 Å². The number of benzene rings is 2. The molecule has 0 bridgehead atoms. The third kappa shape index (κ3) is 5.39. The van der Waals surface area contributed by atoms with Crippen LogP contribution in [-0.4, -0.2) is 24.9 Å². The minimum absolute atomic E-state index is 0.109. The molecule has 0 spiro atoms. The molecule has 2 aromatic carbocycles. The molecule has 0 fully saturated rings. The Kier molecular flexibility index (Phi) is 6.66. The number of hydrogen-bond donors (Lipinski definition) is 0. The van der Waals surface area contributed by atoms with Crippen molar-refractivity contribution in [1.82, 2.24) is 0 Å². The predicted molar refractivity (Wildman–Crippen MR) is 95.3 cm³/mol. The Bertz CT molecular complexity index is 651. The van der Waals surface area contributed by atoms with Gasteiger partial charge in [-0.1, -0.05) is 42.5 Å². The molecular formula is C19H21F2OS+. The second-order valence-corrected chi connectivity index (χ2v) is 7.60. The van der Waals surface area contributed by atoms with Crippen LogP contribution in [0.2, 0.25) is 0 Å². The van der Waals surface area contributed by atoms with Crippen LogP contribution in [0.3, 0.4) is 0 Å². The van der Waals surface area contributed by atoms with E-state index in [1.807, 2.05) is 24.5 Å². The zero-order chi connectivity index (χ0) is 16.7. The summed E-state index contributed by atoms with van der Waals surface area (Å²) < 4.78 is 31.9. The summed E-state index contributed by atoms with van der Waals surface area (Å²) in [4.78, 5) is 0. The molecule has 0 aromatic heterocycles. The molecule has 0 radical (unpaired) electrons. The van der Waals surface area contributed by atoms with Crippen molar-refractivity contribution in [2.75, 3.05) is 24.9 Å². The molecule has 1 atom stereocenters. The van der Waals surface area contributed by atoms with Crippen molar-refractivity contribution >= 4 is 16.5 Å². The Balaban J connectivity index is 2.03. The normalized spacial score (nSPS) is 11.8. The van der Waals surface area contributed by atoms with Crippen LogP contribution in [0.1, 0.15) is 11.1 Å². The number of ether oxygens (including phenoxy) is 1. The van der Waals surface area contributed by atoms with Gasteiger partial charge in [-0.2, -0.15) is 8.78 Å². The molecule has 1 unspecified atom stereocenters. The first-order valence-electron chi connectivity index (χ1n) is 7.42. The molecule has 0 aliphatic rings. The van der Waals surface area contributed by atoms with Crippen LogP contribution in [0.5, 0.6) is 5.75 Å². The summed E-state index contributed by atoms with van der Waals surface area (Å²) in [5, 5.41) is 0. The van der Waals surface area contributed by atoms with Crippen molar-refractivity contribution < 1.29 is 13.5 Å². The topological polar surface area (TPSA) is 9.23 Å². The van der Waals surface area contributed by atoms with E-state index in [4.69, 9.17) is 4.74 Å². The van der Waals surface area contributed by atoms with E-state index in [1.165, 1.54) is 5.56 Å². The van der Waals surface area contributed by atoms with Gasteiger partial charge in [0.05, 0.1) is 18.9 Å². The predicted octanol–water partition coefficient (Wildman–Crippen LogP) is 4.79. The van der Waals surface area contributed by atoms with E-state index in [9.17, 15) is 8.78 Å². The van der Waals surface area contributed by atoms with Crippen molar-refractivity contribution in [3.63, 3.8) is 0 Å². The van der Waals surface area contributed by atoms with E-state index in [-0.39, 0.29) is 16.5 Å². The molecule has 23 heavy (non-hydrogen) atoms. The van der Waals surface area contributed by atoms with Gasteiger partial charge in [-0.3, -0.25) is 0 Å². The number of methoxy groups -OCH3 is 1. The molecule has 0 aliphatic carbocycles. The number of aryl methyl sites for hydroxylation is 1. The first-order chi connectivity index (χ1) is 11.1. The molecule has 122 valence electrons. The van der Waals surface area contributed by atoms with Crippen molar-refractivity contribution in [1.29, 1.82) is 0 Å². The summed E-state index contributed by atoms with van der Waals surface area (Å²) in [7, 11) is 1.43. The van der Waals surface area contributed by atoms with Crippen LogP contribution < -0.4 is 4.74 Å². The molecule has 0 saturated heterocycles. The minimum Gasteiger partial charge on any atom is -0.497 e. The highest BCUT2D eigenvalue weighted by atomic mass is 32.2. The van der Waals surface area contributed by atoms with Gasteiger partial charge in [-0.25, -0.2) is 0 Å². The lowest BCUT2D eigenvalue weighted by atomic mass is 10.1. The highest BCUT2D eigenvalue weighted by Crippen LogP contribution is 2.26. The monoisotopic (exact) mass is 335 g/mol. The zero-order valence-corrected chi connectivity index (χ0v) is 14.2. The maximum Gasteiger partial charge on any atom is 0.278 e. The third-order valence-electron chi connectivity index (χ3n) is 3.62. The maximum absolute atomic E-state index is 13.4. The molecule has 0 aliphatic heterocycles. The van der Waals surface area contributed by atoms with E-state index in [0.29, 0.717) is 17.1 Å². The van der Waals surface area contributed by atoms with Crippen molar-refractivity contribution in [2.45, 2.75) is 6.42 Å². The fourth-order valence-electron chi connectivity index (χ4n) is 2.31. The minimum atomic E-state index is -1.60. The Labute approximate surface area is 139 Å². The lowest BCUT2D eigenvalue weighted by molar-refractivity contribution is 0.414. The summed E-state index contributed by atoms with van der Waals surface area (Å²) in [5.41, 5.74) is 1.92. The van der Waals surface area contributed by atoms with E-state index >= 15 is 0 Å². The second kappa shape index (κ2) is 8.73. The molecule has 1 nitrogen and oxygen atoms in total. The Morgan fingerprint density at radius 1 is 1.04 bits per heavy atom. The van der Waals surface area contributed by atoms with E-state index in [1.54, 1.807) is 31.4 Å². The van der Waals surface area contributed by atoms with Crippen LogP contribution in [0.15, 0.2) is 60.7 Å². The van der Waals surface area contributed by atoms with Gasteiger partial charge in [-0.15, -0.1) is 0 Å². The van der Waals surface area contributed by atoms with E-state index in [2.05, 4.69) is 12.1 Å². The highest BCUT2D eigenvalue weighted by Gasteiger charge is 2.20. The molecule has 2 rings (SSSR count). The molecule has 0 heterocycles. The summed E-state index contributed by atoms with van der Waals surface area (Å²) >= 11 is 0. The van der Waals surface area contributed by atoms with Crippen molar-refractivity contribution in [3.8, 4) is 5.75 Å². The van der Waals surface area contributed by atoms with Crippen LogP contribution in [0.4, 0.5) is 8.78 Å². The fraction of sp³-hybridized carbons (Fsp3) is 0.263. The van der Waals surface area contributed by atoms with Gasteiger partial charge in [0.25, 0.3) is 6.08 Å². The van der Waals surface area contributed by atoms with Gasteiger partial charge in [-0.05, 0) is 34.2 Å². The quantitative estimate of drug-likeness (QED) is 0.661. The summed E-state index contributed by atoms with van der Waals surface area (Å²) in [5.74, 6) is 1.90. The van der Waals surface area contributed by atoms with Gasteiger partial charge in [0.1, 0.15) is 17.3 Å². The van der Waals surface area contributed by atoms with Crippen molar-refractivity contribution in [2.24, 2.45) is 0 Å². The molecular weight excluding hydrogens is 314 g/mol. The Morgan fingerprint density at radius 2 is 1.78 bits per heavy atom. The summed E-state index contributed by atoms with van der Waals surface area (Å²) in [6.45, 7) is 0. The van der Waals surface area contributed by atoms with Gasteiger partial charge >= 0.3 is 0 Å². The summed E-state index contributed by atoms with van der Waals surface area (Å²) in [6.07, 6.45) is 1.36. The first-order valence-corrected chi connectivity index (χ1v) is 9.39. The van der Waals surface area contributed by atoms with Crippen LogP contribution in [-0.2, 0) is 17.3 Å². The number of halogens is 2. The van der Waals surface area contributed by atoms with Crippen LogP contribution in [0.25, 0.3) is 5.57 Å². The Hall–Kier alpha value is -1.81. The lowest BCUT2D eigenvalue weighted by Gasteiger charge is -2.09. The first kappa shape index (κ1) is 17.5.